The van der Waals surface area contributed by atoms with Crippen molar-refractivity contribution in [2.45, 2.75) is 62.3 Å². The zero-order valence-electron chi connectivity index (χ0n) is 20.1. The third kappa shape index (κ3) is 4.50. The average Bonchev–Trinajstić information content (AvgIpc) is 2.58. The maximum Gasteiger partial charge on any atom is 0.269 e. The number of benzene rings is 2. The number of aryl methyl sites for hydroxylation is 3. The Balaban J connectivity index is 2.28. The number of aliphatic imine (C=N–C) groups is 1. The molecular formula is C26H33N2O2P. The lowest BCUT2D eigenvalue weighted by atomic mass is 9.80. The topological polar surface area (TPSA) is 55.5 Å². The van der Waals surface area contributed by atoms with Gasteiger partial charge in [-0.25, -0.2) is 4.99 Å². The van der Waals surface area contributed by atoms with E-state index in [1.165, 1.54) is 45.0 Å². The molecule has 4 nitrogen and oxygen atoms in total. The van der Waals surface area contributed by atoms with E-state index in [9.17, 15) is 10.1 Å². The third-order valence-corrected chi connectivity index (χ3v) is 8.75. The SMILES string of the molecule is Cc1cc(C)c(P2C(=Nc3ccc([N+](=O)[O-])cc3)C(C(C)(C)C)=C2C(C)(C)C)c(C)c1. The van der Waals surface area contributed by atoms with Gasteiger partial charge in [0.1, 0.15) is 0 Å². The first-order valence-electron chi connectivity index (χ1n) is 10.7. The van der Waals surface area contributed by atoms with Gasteiger partial charge >= 0.3 is 0 Å². The zero-order valence-corrected chi connectivity index (χ0v) is 21.0. The number of rotatable bonds is 3. The lowest BCUT2D eigenvalue weighted by Gasteiger charge is -2.48. The predicted molar refractivity (Wildman–Crippen MR) is 133 cm³/mol. The van der Waals surface area contributed by atoms with E-state index in [4.69, 9.17) is 4.99 Å². The van der Waals surface area contributed by atoms with E-state index >= 15 is 0 Å². The minimum absolute atomic E-state index is 0.0342. The number of hydrogen-bond donors (Lipinski definition) is 0. The van der Waals surface area contributed by atoms with Crippen LogP contribution in [0.4, 0.5) is 11.4 Å². The lowest BCUT2D eigenvalue weighted by molar-refractivity contribution is -0.384. The van der Waals surface area contributed by atoms with Crippen molar-refractivity contribution < 1.29 is 4.92 Å². The van der Waals surface area contributed by atoms with Crippen LogP contribution in [0.1, 0.15) is 58.2 Å². The van der Waals surface area contributed by atoms with Gasteiger partial charge in [-0.05, 0) is 71.1 Å². The third-order valence-electron chi connectivity index (χ3n) is 5.51. The fraction of sp³-hybridized carbons (Fsp3) is 0.423. The number of non-ortho nitro benzene ring substituents is 1. The van der Waals surface area contributed by atoms with Crippen molar-refractivity contribution in [3.63, 3.8) is 0 Å². The van der Waals surface area contributed by atoms with Crippen LogP contribution in [0.2, 0.25) is 0 Å². The first-order chi connectivity index (χ1) is 14.2. The summed E-state index contributed by atoms with van der Waals surface area (Å²) < 4.78 is 0. The van der Waals surface area contributed by atoms with Gasteiger partial charge in [-0.1, -0.05) is 59.2 Å². The zero-order chi connectivity index (χ0) is 23.3. The van der Waals surface area contributed by atoms with Crippen LogP contribution in [0, 0.1) is 41.7 Å². The minimum Gasteiger partial charge on any atom is -0.258 e. The van der Waals surface area contributed by atoms with E-state index < -0.39 is 7.92 Å². The van der Waals surface area contributed by atoms with E-state index in [0.717, 1.165) is 11.1 Å². The van der Waals surface area contributed by atoms with Crippen LogP contribution in [0.5, 0.6) is 0 Å². The van der Waals surface area contributed by atoms with Crippen LogP contribution in [0.15, 0.2) is 52.3 Å². The van der Waals surface area contributed by atoms with Crippen molar-refractivity contribution >= 4 is 30.1 Å². The summed E-state index contributed by atoms with van der Waals surface area (Å²) >= 11 is 0. The molecule has 2 aromatic carbocycles. The molecule has 0 spiro atoms. The molecule has 1 atom stereocenters. The Hall–Kier alpha value is -2.32. The molecule has 0 aliphatic carbocycles. The summed E-state index contributed by atoms with van der Waals surface area (Å²) in [6.07, 6.45) is 0. The van der Waals surface area contributed by atoms with Gasteiger partial charge in [0.05, 0.1) is 16.1 Å². The number of nitro benzene ring substituents is 1. The van der Waals surface area contributed by atoms with Gasteiger partial charge in [0.15, 0.2) is 0 Å². The van der Waals surface area contributed by atoms with E-state index in [-0.39, 0.29) is 21.4 Å². The first-order valence-corrected chi connectivity index (χ1v) is 12.0. The summed E-state index contributed by atoms with van der Waals surface area (Å²) in [6.45, 7) is 20.2. The molecule has 5 heteroatoms. The number of nitro groups is 1. The smallest absolute Gasteiger partial charge is 0.258 e. The van der Waals surface area contributed by atoms with Crippen molar-refractivity contribution in [1.29, 1.82) is 0 Å². The fourth-order valence-corrected chi connectivity index (χ4v) is 7.94. The Bertz CT molecular complexity index is 1070. The van der Waals surface area contributed by atoms with Crippen molar-refractivity contribution in [2.24, 2.45) is 15.8 Å². The van der Waals surface area contributed by atoms with Crippen molar-refractivity contribution in [3.8, 4) is 0 Å². The number of hydrogen-bond acceptors (Lipinski definition) is 3. The van der Waals surface area contributed by atoms with Crippen molar-refractivity contribution in [2.75, 3.05) is 0 Å². The van der Waals surface area contributed by atoms with Crippen molar-refractivity contribution in [1.82, 2.24) is 0 Å². The molecule has 0 saturated heterocycles. The summed E-state index contributed by atoms with van der Waals surface area (Å²) in [5, 5.41) is 14.0. The Labute approximate surface area is 187 Å². The van der Waals surface area contributed by atoms with Gasteiger partial charge in [0, 0.05) is 20.1 Å². The summed E-state index contributed by atoms with van der Waals surface area (Å²) in [5.74, 6) is 0. The highest BCUT2D eigenvalue weighted by molar-refractivity contribution is 7.88. The second-order valence-corrected chi connectivity index (χ2v) is 12.5. The van der Waals surface area contributed by atoms with Crippen LogP contribution in [-0.4, -0.2) is 10.4 Å². The molecule has 3 rings (SSSR count). The molecule has 1 aliphatic heterocycles. The molecule has 31 heavy (non-hydrogen) atoms. The molecule has 0 aromatic heterocycles. The second-order valence-electron chi connectivity index (χ2n) is 10.5. The second kappa shape index (κ2) is 7.98. The molecule has 0 fully saturated rings. The normalized spacial score (nSPS) is 18.4. The molecule has 1 heterocycles. The van der Waals surface area contributed by atoms with Crippen LogP contribution in [0.25, 0.3) is 0 Å². The van der Waals surface area contributed by atoms with Gasteiger partial charge in [0.2, 0.25) is 0 Å². The van der Waals surface area contributed by atoms with E-state index in [2.05, 4.69) is 74.4 Å². The van der Waals surface area contributed by atoms with Gasteiger partial charge in [-0.2, -0.15) is 0 Å². The molecule has 1 aliphatic rings. The van der Waals surface area contributed by atoms with E-state index in [1.54, 1.807) is 12.1 Å². The maximum absolute atomic E-state index is 11.0. The predicted octanol–water partition coefficient (Wildman–Crippen LogP) is 7.72. The highest BCUT2D eigenvalue weighted by Gasteiger charge is 2.47. The van der Waals surface area contributed by atoms with Gasteiger partial charge in [0.25, 0.3) is 5.69 Å². The highest BCUT2D eigenvalue weighted by Crippen LogP contribution is 2.68. The molecule has 0 radical (unpaired) electrons. The molecule has 164 valence electrons. The minimum atomic E-state index is -0.713. The summed E-state index contributed by atoms with van der Waals surface area (Å²) in [6, 6.07) is 11.1. The van der Waals surface area contributed by atoms with Gasteiger partial charge in [-0.3, -0.25) is 10.1 Å². The van der Waals surface area contributed by atoms with E-state index in [0.29, 0.717) is 0 Å². The Morgan fingerprint density at radius 2 is 1.39 bits per heavy atom. The molecule has 0 saturated carbocycles. The van der Waals surface area contributed by atoms with Crippen LogP contribution in [0.3, 0.4) is 0 Å². The Kier molecular flexibility index (Phi) is 6.01. The average molecular weight is 437 g/mol. The first kappa shape index (κ1) is 23.3. The molecule has 0 amide bonds. The van der Waals surface area contributed by atoms with Crippen LogP contribution in [-0.2, 0) is 0 Å². The monoisotopic (exact) mass is 436 g/mol. The fourth-order valence-electron chi connectivity index (χ4n) is 4.40. The highest BCUT2D eigenvalue weighted by atomic mass is 31.1. The maximum atomic E-state index is 11.0. The summed E-state index contributed by atoms with van der Waals surface area (Å²) in [5.41, 5.74) is 7.25. The molecule has 0 N–H and O–H groups in total. The van der Waals surface area contributed by atoms with Crippen LogP contribution < -0.4 is 5.30 Å². The Morgan fingerprint density at radius 1 is 0.871 bits per heavy atom. The molecule has 1 unspecified atom stereocenters. The van der Waals surface area contributed by atoms with Gasteiger partial charge < -0.3 is 0 Å². The van der Waals surface area contributed by atoms with Gasteiger partial charge in [-0.15, -0.1) is 0 Å². The molecule has 2 aromatic rings. The van der Waals surface area contributed by atoms with Crippen molar-refractivity contribution in [3.05, 3.63) is 74.1 Å². The lowest BCUT2D eigenvalue weighted by Crippen LogP contribution is -2.36. The summed E-state index contributed by atoms with van der Waals surface area (Å²) in [4.78, 5) is 15.8. The number of allylic oxidation sites excluding steroid dienone is 2. The molecule has 0 bridgehead atoms. The quantitative estimate of drug-likeness (QED) is 0.281. The van der Waals surface area contributed by atoms with Crippen LogP contribution >= 0.6 is 7.92 Å². The number of nitrogens with zero attached hydrogens (tertiary/aromatic N) is 2. The standard InChI is InChI=1S/C26H33N2O2P/c1-16-14-17(2)22(18(3)15-16)31-23(26(7,8)9)21(25(4,5)6)24(31)27-19-10-12-20(13-11-19)28(29)30/h10-15H,1-9H3. The molecular weight excluding hydrogens is 403 g/mol. The van der Waals surface area contributed by atoms with E-state index in [1.807, 2.05) is 0 Å². The largest absolute Gasteiger partial charge is 0.269 e. The summed E-state index contributed by atoms with van der Waals surface area (Å²) in [7, 11) is -0.713. The Morgan fingerprint density at radius 3 is 1.81 bits per heavy atom.